The Bertz CT molecular complexity index is 670. The molecule has 0 aliphatic carbocycles. The van der Waals surface area contributed by atoms with Crippen molar-refractivity contribution in [3.05, 3.63) is 65.0 Å². The third-order valence-corrected chi connectivity index (χ3v) is 3.05. The smallest absolute Gasteiger partial charge is 0.135 e. The lowest BCUT2D eigenvalue weighted by atomic mass is 10.1. The molecule has 0 unspecified atom stereocenters. The second-order valence-electron chi connectivity index (χ2n) is 4.66. The highest BCUT2D eigenvalue weighted by Gasteiger charge is 2.04. The fourth-order valence-corrected chi connectivity index (χ4v) is 1.99. The summed E-state index contributed by atoms with van der Waals surface area (Å²) in [7, 11) is 0. The minimum Gasteiger partial charge on any atom is -0.488 e. The fraction of sp³-hybridized carbons (Fsp3) is 0.222. The van der Waals surface area contributed by atoms with Crippen LogP contribution < -0.4 is 4.74 Å². The lowest BCUT2D eigenvalue weighted by molar-refractivity contribution is 0.305. The van der Waals surface area contributed by atoms with Crippen LogP contribution in [0.2, 0.25) is 0 Å². The van der Waals surface area contributed by atoms with Gasteiger partial charge in [-0.3, -0.25) is 0 Å². The first-order valence-electron chi connectivity index (χ1n) is 6.72. The van der Waals surface area contributed by atoms with E-state index in [0.717, 1.165) is 5.56 Å². The van der Waals surface area contributed by atoms with E-state index in [1.165, 1.54) is 17.7 Å². The number of halogens is 2. The molecule has 21 heavy (non-hydrogen) atoms. The number of ether oxygens (including phenoxy) is 1. The predicted molar refractivity (Wildman–Crippen MR) is 84.1 cm³/mol. The van der Waals surface area contributed by atoms with Gasteiger partial charge in [-0.1, -0.05) is 41.7 Å². The van der Waals surface area contributed by atoms with Gasteiger partial charge < -0.3 is 4.74 Å². The summed E-state index contributed by atoms with van der Waals surface area (Å²) in [6, 6.07) is 12.4. The fourth-order valence-electron chi connectivity index (χ4n) is 1.89. The molecule has 1 nitrogen and oxygen atoms in total. The molecule has 0 bridgehead atoms. The third-order valence-electron chi connectivity index (χ3n) is 2.86. The van der Waals surface area contributed by atoms with E-state index in [1.54, 1.807) is 6.07 Å². The van der Waals surface area contributed by atoms with Crippen LogP contribution in [0.5, 0.6) is 5.75 Å². The SMILES string of the molecule is Cc1cccc(COc2ccc(F)cc2C#CCCCl)c1. The van der Waals surface area contributed by atoms with E-state index in [0.29, 0.717) is 30.2 Å². The second-order valence-corrected chi connectivity index (χ2v) is 5.04. The van der Waals surface area contributed by atoms with E-state index < -0.39 is 0 Å². The maximum absolute atomic E-state index is 13.3. The van der Waals surface area contributed by atoms with Crippen LogP contribution in [0.1, 0.15) is 23.1 Å². The summed E-state index contributed by atoms with van der Waals surface area (Å²) in [4.78, 5) is 0. The summed E-state index contributed by atoms with van der Waals surface area (Å²) in [6.07, 6.45) is 0.565. The topological polar surface area (TPSA) is 9.23 Å². The maximum atomic E-state index is 13.3. The first kappa shape index (κ1) is 15.4. The molecule has 108 valence electrons. The second kappa shape index (κ2) is 7.71. The van der Waals surface area contributed by atoms with Crippen molar-refractivity contribution in [2.45, 2.75) is 20.0 Å². The van der Waals surface area contributed by atoms with Crippen LogP contribution in [-0.4, -0.2) is 5.88 Å². The molecule has 0 fully saturated rings. The van der Waals surface area contributed by atoms with Crippen molar-refractivity contribution in [2.75, 3.05) is 5.88 Å². The minimum atomic E-state index is -0.326. The molecule has 0 atom stereocenters. The van der Waals surface area contributed by atoms with E-state index >= 15 is 0 Å². The van der Waals surface area contributed by atoms with Gasteiger partial charge in [0.2, 0.25) is 0 Å². The molecule has 0 N–H and O–H groups in total. The minimum absolute atomic E-state index is 0.326. The summed E-state index contributed by atoms with van der Waals surface area (Å²) in [6.45, 7) is 2.46. The van der Waals surface area contributed by atoms with Crippen LogP contribution in [0, 0.1) is 24.6 Å². The van der Waals surface area contributed by atoms with Gasteiger partial charge in [-0.25, -0.2) is 4.39 Å². The Morgan fingerprint density at radius 2 is 2.05 bits per heavy atom. The van der Waals surface area contributed by atoms with Crippen LogP contribution in [-0.2, 0) is 6.61 Å². The van der Waals surface area contributed by atoms with Crippen LogP contribution >= 0.6 is 11.6 Å². The summed E-state index contributed by atoms with van der Waals surface area (Å²) in [5.74, 6) is 6.52. The zero-order chi connectivity index (χ0) is 15.1. The molecule has 0 heterocycles. The molecule has 0 spiro atoms. The molecular weight excluding hydrogens is 287 g/mol. The van der Waals surface area contributed by atoms with Crippen molar-refractivity contribution in [1.29, 1.82) is 0 Å². The summed E-state index contributed by atoms with van der Waals surface area (Å²) in [5.41, 5.74) is 2.80. The van der Waals surface area contributed by atoms with E-state index in [2.05, 4.69) is 17.9 Å². The van der Waals surface area contributed by atoms with Crippen molar-refractivity contribution in [2.24, 2.45) is 0 Å². The molecular formula is C18H16ClFO. The van der Waals surface area contributed by atoms with Gasteiger partial charge in [0.25, 0.3) is 0 Å². The average Bonchev–Trinajstić information content (AvgIpc) is 2.47. The Labute approximate surface area is 129 Å². The number of benzene rings is 2. The van der Waals surface area contributed by atoms with Crippen molar-refractivity contribution >= 4 is 11.6 Å². The molecule has 3 heteroatoms. The first-order chi connectivity index (χ1) is 10.2. The predicted octanol–water partition coefficient (Wildman–Crippen LogP) is 4.69. The van der Waals surface area contributed by atoms with E-state index in [4.69, 9.17) is 16.3 Å². The van der Waals surface area contributed by atoms with Gasteiger partial charge in [0.05, 0.1) is 5.56 Å². The molecule has 2 aromatic carbocycles. The van der Waals surface area contributed by atoms with E-state index in [-0.39, 0.29) is 5.82 Å². The highest BCUT2D eigenvalue weighted by atomic mass is 35.5. The summed E-state index contributed by atoms with van der Waals surface area (Å²) >= 11 is 5.59. The quantitative estimate of drug-likeness (QED) is 0.588. The maximum Gasteiger partial charge on any atom is 0.135 e. The highest BCUT2D eigenvalue weighted by molar-refractivity contribution is 6.18. The van der Waals surface area contributed by atoms with E-state index in [9.17, 15) is 4.39 Å². The number of alkyl halides is 1. The van der Waals surface area contributed by atoms with Crippen LogP contribution in [0.3, 0.4) is 0 Å². The van der Waals surface area contributed by atoms with E-state index in [1.807, 2.05) is 25.1 Å². The lowest BCUT2D eigenvalue weighted by Crippen LogP contribution is -1.98. The van der Waals surface area contributed by atoms with Gasteiger partial charge in [-0.15, -0.1) is 11.6 Å². The van der Waals surface area contributed by atoms with Crippen molar-refractivity contribution < 1.29 is 9.13 Å². The van der Waals surface area contributed by atoms with Gasteiger partial charge in [-0.2, -0.15) is 0 Å². The largest absolute Gasteiger partial charge is 0.488 e. The third kappa shape index (κ3) is 4.81. The Morgan fingerprint density at radius 1 is 1.19 bits per heavy atom. The monoisotopic (exact) mass is 302 g/mol. The number of aryl methyl sites for hydroxylation is 1. The number of hydrogen-bond donors (Lipinski definition) is 0. The Morgan fingerprint density at radius 3 is 2.81 bits per heavy atom. The van der Waals surface area contributed by atoms with Gasteiger partial charge in [0.1, 0.15) is 18.2 Å². The van der Waals surface area contributed by atoms with Crippen LogP contribution in [0.4, 0.5) is 4.39 Å². The Hall–Kier alpha value is -1.98. The molecule has 0 saturated carbocycles. The number of hydrogen-bond acceptors (Lipinski definition) is 1. The molecule has 0 aromatic heterocycles. The molecule has 0 aliphatic heterocycles. The number of rotatable bonds is 4. The first-order valence-corrected chi connectivity index (χ1v) is 7.25. The molecule has 2 rings (SSSR count). The summed E-state index contributed by atoms with van der Waals surface area (Å²) < 4.78 is 19.1. The summed E-state index contributed by atoms with van der Waals surface area (Å²) in [5, 5.41) is 0. The molecule has 0 saturated heterocycles. The molecule has 2 aromatic rings. The lowest BCUT2D eigenvalue weighted by Gasteiger charge is -2.09. The zero-order valence-corrected chi connectivity index (χ0v) is 12.6. The molecule has 0 aliphatic rings. The average molecular weight is 303 g/mol. The normalized spacial score (nSPS) is 9.86. The van der Waals surface area contributed by atoms with Gasteiger partial charge in [0, 0.05) is 12.3 Å². The van der Waals surface area contributed by atoms with Gasteiger partial charge in [0.15, 0.2) is 0 Å². The molecule has 0 amide bonds. The Balaban J connectivity index is 2.14. The van der Waals surface area contributed by atoms with Crippen LogP contribution in [0.25, 0.3) is 0 Å². The van der Waals surface area contributed by atoms with Gasteiger partial charge in [-0.05, 0) is 30.7 Å². The highest BCUT2D eigenvalue weighted by Crippen LogP contribution is 2.20. The molecule has 0 radical (unpaired) electrons. The van der Waals surface area contributed by atoms with Crippen LogP contribution in [0.15, 0.2) is 42.5 Å². The van der Waals surface area contributed by atoms with Crippen molar-refractivity contribution in [1.82, 2.24) is 0 Å². The Kier molecular flexibility index (Phi) is 5.66. The standard InChI is InChI=1S/C18H16ClFO/c1-14-5-4-6-15(11-14)13-21-18-9-8-17(20)12-16(18)7-2-3-10-19/h4-6,8-9,11-12H,3,10,13H2,1H3. The van der Waals surface area contributed by atoms with Crippen molar-refractivity contribution in [3.8, 4) is 17.6 Å². The zero-order valence-electron chi connectivity index (χ0n) is 11.8. The van der Waals surface area contributed by atoms with Crippen molar-refractivity contribution in [3.63, 3.8) is 0 Å². The van der Waals surface area contributed by atoms with Gasteiger partial charge >= 0.3 is 0 Å².